The third-order valence-electron chi connectivity index (χ3n) is 5.84. The van der Waals surface area contributed by atoms with Gasteiger partial charge in [-0.25, -0.2) is 13.1 Å². The minimum Gasteiger partial charge on any atom is -0.492 e. The van der Waals surface area contributed by atoms with Crippen LogP contribution in [-0.4, -0.2) is 50.1 Å². The Balaban J connectivity index is 1.73. The molecule has 166 valence electrons. The van der Waals surface area contributed by atoms with Crippen LogP contribution in [0.25, 0.3) is 11.1 Å². The van der Waals surface area contributed by atoms with Gasteiger partial charge in [0.05, 0.1) is 18.5 Å². The number of halogens is 2. The molecule has 2 heterocycles. The topological polar surface area (TPSA) is 82.5 Å². The second-order valence-electron chi connectivity index (χ2n) is 7.88. The number of benzene rings is 2. The summed E-state index contributed by atoms with van der Waals surface area (Å²) in [7, 11) is -4.73. The minimum atomic E-state index is -4.73. The van der Waals surface area contributed by atoms with E-state index in [4.69, 9.17) is 10.1 Å². The number of sulfonamides is 1. The molecule has 2 N–H and O–H groups in total. The van der Waals surface area contributed by atoms with Gasteiger partial charge in [0.2, 0.25) is 0 Å². The number of nitrogens with one attached hydrogen (secondary N) is 2. The summed E-state index contributed by atoms with van der Waals surface area (Å²) in [6, 6.07) is 14.4. The highest BCUT2D eigenvalue weighted by Gasteiger charge is 2.37. The lowest BCUT2D eigenvalue weighted by Gasteiger charge is -2.43. The van der Waals surface area contributed by atoms with Gasteiger partial charge in [0, 0.05) is 24.6 Å². The molecule has 4 rings (SSSR count). The SMILES string of the molecule is N=C1CCOc2ccccc2-c2cccc(c2)C[C@H]2[C@@H](NS(=O)(=O)C(F)F)CCCN12. The Hall–Kier alpha value is -2.52. The van der Waals surface area contributed by atoms with Gasteiger partial charge in [-0.3, -0.25) is 5.41 Å². The van der Waals surface area contributed by atoms with E-state index in [1.54, 1.807) is 0 Å². The monoisotopic (exact) mass is 449 g/mol. The first-order valence-corrected chi connectivity index (χ1v) is 11.8. The highest BCUT2D eigenvalue weighted by Crippen LogP contribution is 2.32. The molecule has 0 aromatic heterocycles. The van der Waals surface area contributed by atoms with Crippen LogP contribution in [-0.2, 0) is 16.4 Å². The second kappa shape index (κ2) is 8.92. The summed E-state index contributed by atoms with van der Waals surface area (Å²) in [4.78, 5) is 1.84. The first-order chi connectivity index (χ1) is 14.8. The summed E-state index contributed by atoms with van der Waals surface area (Å²) in [5.74, 6) is -2.42. The number of nitrogens with zero attached hydrogens (tertiary/aromatic N) is 1. The lowest BCUT2D eigenvalue weighted by atomic mass is 9.90. The van der Waals surface area contributed by atoms with Crippen LogP contribution in [0.4, 0.5) is 8.78 Å². The second-order valence-corrected chi connectivity index (χ2v) is 9.56. The number of hydrogen-bond acceptors (Lipinski definition) is 4. The summed E-state index contributed by atoms with van der Waals surface area (Å²) in [6.45, 7) is 0.874. The average molecular weight is 450 g/mol. The quantitative estimate of drug-likeness (QED) is 0.750. The zero-order valence-corrected chi connectivity index (χ0v) is 17.7. The van der Waals surface area contributed by atoms with E-state index < -0.39 is 27.9 Å². The van der Waals surface area contributed by atoms with E-state index in [1.165, 1.54) is 0 Å². The molecule has 0 radical (unpaired) electrons. The molecule has 0 saturated carbocycles. The maximum absolute atomic E-state index is 13.0. The van der Waals surface area contributed by atoms with Gasteiger partial charge in [-0.05, 0) is 36.5 Å². The largest absolute Gasteiger partial charge is 0.492 e. The molecule has 9 heteroatoms. The van der Waals surface area contributed by atoms with Gasteiger partial charge in [0.15, 0.2) is 0 Å². The van der Waals surface area contributed by atoms with Crippen molar-refractivity contribution in [1.29, 1.82) is 5.41 Å². The number of fused-ring (bicyclic) bond motifs is 5. The lowest BCUT2D eigenvalue weighted by molar-refractivity contribution is 0.186. The van der Waals surface area contributed by atoms with Crippen molar-refractivity contribution < 1.29 is 21.9 Å². The van der Waals surface area contributed by atoms with Gasteiger partial charge in [0.1, 0.15) is 5.75 Å². The third-order valence-corrected chi connectivity index (χ3v) is 6.94. The van der Waals surface area contributed by atoms with E-state index in [2.05, 4.69) is 4.72 Å². The Labute approximate surface area is 180 Å². The number of piperidine rings is 1. The molecular formula is C22H25F2N3O3S. The van der Waals surface area contributed by atoms with Gasteiger partial charge in [-0.1, -0.05) is 42.5 Å². The molecule has 2 aromatic rings. The summed E-state index contributed by atoms with van der Waals surface area (Å²) >= 11 is 0. The predicted octanol–water partition coefficient (Wildman–Crippen LogP) is 3.63. The molecule has 2 bridgehead atoms. The predicted molar refractivity (Wildman–Crippen MR) is 115 cm³/mol. The molecule has 31 heavy (non-hydrogen) atoms. The fraction of sp³-hybridized carbons (Fsp3) is 0.409. The smallest absolute Gasteiger partial charge is 0.350 e. The van der Waals surface area contributed by atoms with Gasteiger partial charge in [-0.2, -0.15) is 8.78 Å². The molecule has 2 atom stereocenters. The van der Waals surface area contributed by atoms with Gasteiger partial charge >= 0.3 is 5.76 Å². The maximum atomic E-state index is 13.0. The molecule has 2 aliphatic rings. The van der Waals surface area contributed by atoms with E-state index in [0.29, 0.717) is 44.7 Å². The molecule has 0 spiro atoms. The Morgan fingerprint density at radius 1 is 1.16 bits per heavy atom. The average Bonchev–Trinajstić information content (AvgIpc) is 2.74. The van der Waals surface area contributed by atoms with E-state index in [-0.39, 0.29) is 0 Å². The highest BCUT2D eigenvalue weighted by molar-refractivity contribution is 7.89. The van der Waals surface area contributed by atoms with Crippen molar-refractivity contribution in [2.45, 2.75) is 43.5 Å². The van der Waals surface area contributed by atoms with Crippen LogP contribution in [0.3, 0.4) is 0 Å². The lowest BCUT2D eigenvalue weighted by Crippen LogP contribution is -2.58. The highest BCUT2D eigenvalue weighted by atomic mass is 32.2. The van der Waals surface area contributed by atoms with Crippen molar-refractivity contribution in [2.24, 2.45) is 0 Å². The Kier molecular flexibility index (Phi) is 6.24. The molecule has 0 amide bonds. The molecule has 2 aliphatic heterocycles. The van der Waals surface area contributed by atoms with Crippen molar-refractivity contribution in [3.63, 3.8) is 0 Å². The fourth-order valence-corrected chi connectivity index (χ4v) is 5.18. The Morgan fingerprint density at radius 2 is 1.97 bits per heavy atom. The summed E-state index contributed by atoms with van der Waals surface area (Å²) in [5.41, 5.74) is 2.85. The molecule has 6 nitrogen and oxygen atoms in total. The minimum absolute atomic E-state index is 0.298. The molecular weight excluding hydrogens is 424 g/mol. The number of para-hydroxylation sites is 1. The standard InChI is InChI=1S/C22H25F2N3O3S/c23-22(24)31(28,29)26-18-8-4-11-27-19(18)14-15-5-3-6-16(13-15)17-7-1-2-9-20(17)30-12-10-21(27)25/h1-3,5-7,9,13,18-19,22,25-26H,4,8,10-12,14H2/t18-,19-/m0/s1. The fourth-order valence-electron chi connectivity index (χ4n) is 4.38. The number of ether oxygens (including phenoxy) is 1. The normalized spacial score (nSPS) is 22.0. The van der Waals surface area contributed by atoms with Crippen LogP contribution in [0, 0.1) is 5.41 Å². The maximum Gasteiger partial charge on any atom is 0.350 e. The number of hydrogen-bond donors (Lipinski definition) is 2. The van der Waals surface area contributed by atoms with Crippen LogP contribution < -0.4 is 9.46 Å². The van der Waals surface area contributed by atoms with Crippen LogP contribution in [0.1, 0.15) is 24.8 Å². The Bertz CT molecular complexity index is 1060. The van der Waals surface area contributed by atoms with Crippen molar-refractivity contribution in [3.8, 4) is 16.9 Å². The molecule has 2 aromatic carbocycles. The van der Waals surface area contributed by atoms with Crippen LogP contribution in [0.2, 0.25) is 0 Å². The van der Waals surface area contributed by atoms with E-state index in [9.17, 15) is 17.2 Å². The molecule has 0 aliphatic carbocycles. The summed E-state index contributed by atoms with van der Waals surface area (Å²) in [6.07, 6.45) is 1.83. The van der Waals surface area contributed by atoms with Crippen molar-refractivity contribution in [2.75, 3.05) is 13.2 Å². The Morgan fingerprint density at radius 3 is 2.77 bits per heavy atom. The third kappa shape index (κ3) is 4.72. The molecule has 1 fully saturated rings. The van der Waals surface area contributed by atoms with E-state index in [1.807, 2.05) is 53.4 Å². The summed E-state index contributed by atoms with van der Waals surface area (Å²) in [5, 5.41) is 8.58. The van der Waals surface area contributed by atoms with Crippen molar-refractivity contribution in [3.05, 3.63) is 54.1 Å². The van der Waals surface area contributed by atoms with Gasteiger partial charge in [-0.15, -0.1) is 0 Å². The number of amidine groups is 1. The van der Waals surface area contributed by atoms with E-state index in [0.717, 1.165) is 22.4 Å². The number of rotatable bonds is 3. The first-order valence-electron chi connectivity index (χ1n) is 10.3. The summed E-state index contributed by atoms with van der Waals surface area (Å²) < 4.78 is 58.0. The zero-order valence-electron chi connectivity index (χ0n) is 16.9. The van der Waals surface area contributed by atoms with Crippen molar-refractivity contribution >= 4 is 15.9 Å². The molecule has 1 saturated heterocycles. The van der Waals surface area contributed by atoms with Gasteiger partial charge < -0.3 is 9.64 Å². The van der Waals surface area contributed by atoms with Crippen LogP contribution in [0.5, 0.6) is 5.75 Å². The van der Waals surface area contributed by atoms with E-state index >= 15 is 0 Å². The van der Waals surface area contributed by atoms with Gasteiger partial charge in [0.25, 0.3) is 10.0 Å². The van der Waals surface area contributed by atoms with Crippen LogP contribution >= 0.6 is 0 Å². The van der Waals surface area contributed by atoms with Crippen molar-refractivity contribution in [1.82, 2.24) is 9.62 Å². The zero-order chi connectivity index (χ0) is 22.0. The van der Waals surface area contributed by atoms with Crippen LogP contribution in [0.15, 0.2) is 48.5 Å². The number of alkyl halides is 2. The first kappa shape index (κ1) is 21.7. The molecule has 0 unspecified atom stereocenters.